The molecular weight excluding hydrogens is 322 g/mol. The average Bonchev–Trinajstić information content (AvgIpc) is 3.23. The first-order valence-electron chi connectivity index (χ1n) is 8.29. The molecule has 2 N–H and O–H groups in total. The normalized spacial score (nSPS) is 16.5. The molecule has 0 bridgehead atoms. The van der Waals surface area contributed by atoms with Crippen LogP contribution in [0, 0.1) is 6.92 Å². The number of carbonyl (C=O) groups is 2. The summed E-state index contributed by atoms with van der Waals surface area (Å²) in [4.78, 5) is 26.8. The van der Waals surface area contributed by atoms with Crippen molar-refractivity contribution in [3.8, 4) is 0 Å². The number of likely N-dealkylation sites (N-methyl/N-ethyl adjacent to an activating group) is 1. The molecule has 25 heavy (non-hydrogen) atoms. The van der Waals surface area contributed by atoms with Gasteiger partial charge < -0.3 is 20.0 Å². The second kappa shape index (κ2) is 6.62. The monoisotopic (exact) mass is 345 g/mol. The highest BCUT2D eigenvalue weighted by Crippen LogP contribution is 2.28. The fraction of sp³-hybridized carbons (Fsp3) is 0.471. The molecule has 0 atom stereocenters. The van der Waals surface area contributed by atoms with Crippen molar-refractivity contribution >= 4 is 17.6 Å². The number of hydrogen-bond acceptors (Lipinski definition) is 5. The zero-order chi connectivity index (χ0) is 18.0. The first-order valence-corrected chi connectivity index (χ1v) is 8.29. The molecule has 0 saturated carbocycles. The summed E-state index contributed by atoms with van der Waals surface area (Å²) in [5.74, 6) is 1.58. The summed E-state index contributed by atoms with van der Waals surface area (Å²) in [6, 6.07) is 5.29. The number of nitrogens with zero attached hydrogens (tertiary/aromatic N) is 3. The molecule has 0 radical (unpaired) electrons. The quantitative estimate of drug-likeness (QED) is 0.867. The second-order valence-electron chi connectivity index (χ2n) is 6.33. The first kappa shape index (κ1) is 17.1. The molecule has 2 amide bonds. The fourth-order valence-corrected chi connectivity index (χ4v) is 3.19. The van der Waals surface area contributed by atoms with E-state index in [1.165, 1.54) is 0 Å². The third-order valence-electron chi connectivity index (χ3n) is 4.71. The first-order chi connectivity index (χ1) is 11.9. The molecule has 1 saturated heterocycles. The molecule has 1 aliphatic rings. The maximum atomic E-state index is 12.6. The molecule has 1 aliphatic heterocycles. The van der Waals surface area contributed by atoms with Gasteiger partial charge in [-0.3, -0.25) is 14.3 Å². The Bertz CT molecular complexity index is 771. The van der Waals surface area contributed by atoms with Crippen LogP contribution in [0.3, 0.4) is 0 Å². The van der Waals surface area contributed by atoms with Gasteiger partial charge in [0.05, 0.1) is 6.20 Å². The number of hydrogen-bond donors (Lipinski definition) is 2. The Morgan fingerprint density at radius 1 is 1.24 bits per heavy atom. The Hall–Kier alpha value is -2.77. The van der Waals surface area contributed by atoms with E-state index in [1.54, 1.807) is 41.9 Å². The van der Waals surface area contributed by atoms with Gasteiger partial charge in [0, 0.05) is 33.3 Å². The predicted molar refractivity (Wildman–Crippen MR) is 92.2 cm³/mol. The van der Waals surface area contributed by atoms with Crippen LogP contribution in [0.15, 0.2) is 28.8 Å². The molecule has 3 rings (SSSR count). The number of aromatic nitrogens is 2. The van der Waals surface area contributed by atoms with Crippen molar-refractivity contribution in [1.29, 1.82) is 0 Å². The van der Waals surface area contributed by atoms with Gasteiger partial charge >= 0.3 is 0 Å². The second-order valence-corrected chi connectivity index (χ2v) is 6.33. The highest BCUT2D eigenvalue weighted by Gasteiger charge is 2.42. The molecule has 0 aromatic carbocycles. The van der Waals surface area contributed by atoms with Crippen LogP contribution in [0.4, 0.5) is 5.82 Å². The number of amides is 2. The summed E-state index contributed by atoms with van der Waals surface area (Å²) in [5.41, 5.74) is -0.765. The lowest BCUT2D eigenvalue weighted by Gasteiger charge is -2.41. The van der Waals surface area contributed by atoms with E-state index >= 15 is 0 Å². The fourth-order valence-electron chi connectivity index (χ4n) is 3.19. The maximum absolute atomic E-state index is 12.6. The molecule has 134 valence electrons. The van der Waals surface area contributed by atoms with Gasteiger partial charge in [-0.2, -0.15) is 5.10 Å². The molecule has 8 nitrogen and oxygen atoms in total. The minimum Gasteiger partial charge on any atom is -0.456 e. The third-order valence-corrected chi connectivity index (χ3v) is 4.71. The van der Waals surface area contributed by atoms with Crippen LogP contribution in [0.1, 0.15) is 29.2 Å². The third kappa shape index (κ3) is 3.24. The molecule has 1 fully saturated rings. The minimum absolute atomic E-state index is 0.0883. The Labute approximate surface area is 146 Å². The molecule has 2 aromatic rings. The Balaban J connectivity index is 1.74. The van der Waals surface area contributed by atoms with Gasteiger partial charge in [0.15, 0.2) is 5.76 Å². The molecule has 0 aliphatic carbocycles. The maximum Gasteiger partial charge on any atom is 0.289 e. The molecular formula is C17H23N5O3. The van der Waals surface area contributed by atoms with Crippen molar-refractivity contribution in [2.45, 2.75) is 25.3 Å². The summed E-state index contributed by atoms with van der Waals surface area (Å²) in [6.07, 6.45) is 2.68. The zero-order valence-corrected chi connectivity index (χ0v) is 14.7. The van der Waals surface area contributed by atoms with Gasteiger partial charge in [-0.15, -0.1) is 0 Å². The van der Waals surface area contributed by atoms with E-state index in [2.05, 4.69) is 15.7 Å². The lowest BCUT2D eigenvalue weighted by molar-refractivity contribution is -0.126. The zero-order valence-electron chi connectivity index (χ0n) is 14.7. The van der Waals surface area contributed by atoms with Gasteiger partial charge in [0.25, 0.3) is 5.91 Å². The van der Waals surface area contributed by atoms with Crippen molar-refractivity contribution in [2.24, 2.45) is 7.05 Å². The van der Waals surface area contributed by atoms with Crippen LogP contribution in [-0.2, 0) is 11.8 Å². The van der Waals surface area contributed by atoms with Gasteiger partial charge in [-0.1, -0.05) is 0 Å². The Morgan fingerprint density at radius 3 is 2.48 bits per heavy atom. The Kier molecular flexibility index (Phi) is 4.52. The van der Waals surface area contributed by atoms with Gasteiger partial charge in [-0.05, 0) is 31.9 Å². The number of piperidine rings is 1. The number of likely N-dealkylation sites (tertiary alicyclic amines) is 1. The number of carbonyl (C=O) groups excluding carboxylic acids is 2. The predicted octanol–water partition coefficient (Wildman–Crippen LogP) is 1.15. The van der Waals surface area contributed by atoms with Gasteiger partial charge in [0.1, 0.15) is 17.1 Å². The van der Waals surface area contributed by atoms with Crippen LogP contribution in [0.5, 0.6) is 0 Å². The van der Waals surface area contributed by atoms with Crippen molar-refractivity contribution in [1.82, 2.24) is 20.0 Å². The van der Waals surface area contributed by atoms with Crippen LogP contribution in [0.2, 0.25) is 0 Å². The lowest BCUT2D eigenvalue weighted by atomic mass is 9.86. The van der Waals surface area contributed by atoms with Crippen LogP contribution in [0.25, 0.3) is 0 Å². The molecule has 0 spiro atoms. The van der Waals surface area contributed by atoms with Gasteiger partial charge in [-0.25, -0.2) is 0 Å². The summed E-state index contributed by atoms with van der Waals surface area (Å²) < 4.78 is 7.11. The number of anilines is 1. The van der Waals surface area contributed by atoms with E-state index in [1.807, 2.05) is 13.1 Å². The molecule has 2 aromatic heterocycles. The van der Waals surface area contributed by atoms with E-state index in [4.69, 9.17) is 4.42 Å². The molecule has 3 heterocycles. The summed E-state index contributed by atoms with van der Waals surface area (Å²) in [7, 11) is 3.44. The minimum atomic E-state index is -0.765. The highest BCUT2D eigenvalue weighted by molar-refractivity contribution is 5.93. The molecule has 8 heteroatoms. The largest absolute Gasteiger partial charge is 0.456 e. The van der Waals surface area contributed by atoms with E-state index in [-0.39, 0.29) is 11.8 Å². The standard InChI is InChI=1S/C17H23N5O3/c1-12-4-5-13(25-12)15(23)22-10-7-17(8-11-22,16(24)18-2)20-14-6-9-19-21(14)3/h4-6,9,20H,7-8,10-11H2,1-3H3,(H,18,24). The smallest absolute Gasteiger partial charge is 0.289 e. The highest BCUT2D eigenvalue weighted by atomic mass is 16.3. The van der Waals surface area contributed by atoms with Crippen molar-refractivity contribution in [3.63, 3.8) is 0 Å². The van der Waals surface area contributed by atoms with Crippen LogP contribution in [-0.4, -0.2) is 52.2 Å². The van der Waals surface area contributed by atoms with Crippen molar-refractivity contribution in [3.05, 3.63) is 35.9 Å². The average molecular weight is 345 g/mol. The lowest BCUT2D eigenvalue weighted by Crippen LogP contribution is -2.58. The molecule has 0 unspecified atom stereocenters. The van der Waals surface area contributed by atoms with E-state index in [0.29, 0.717) is 37.5 Å². The Morgan fingerprint density at radius 2 is 1.96 bits per heavy atom. The summed E-state index contributed by atoms with van der Waals surface area (Å²) >= 11 is 0. The number of nitrogens with one attached hydrogen (secondary N) is 2. The van der Waals surface area contributed by atoms with Crippen molar-refractivity contribution < 1.29 is 14.0 Å². The SMILES string of the molecule is CNC(=O)C1(Nc2ccnn2C)CCN(C(=O)c2ccc(C)o2)CC1. The van der Waals surface area contributed by atoms with Crippen molar-refractivity contribution in [2.75, 3.05) is 25.5 Å². The summed E-state index contributed by atoms with van der Waals surface area (Å²) in [6.45, 7) is 2.75. The van der Waals surface area contributed by atoms with Gasteiger partial charge in [0.2, 0.25) is 5.91 Å². The van der Waals surface area contributed by atoms with E-state index in [9.17, 15) is 9.59 Å². The van der Waals surface area contributed by atoms with E-state index in [0.717, 1.165) is 5.82 Å². The van der Waals surface area contributed by atoms with Crippen LogP contribution >= 0.6 is 0 Å². The number of furan rings is 1. The number of aryl methyl sites for hydroxylation is 2. The summed E-state index contributed by atoms with van der Waals surface area (Å²) in [5, 5.41) is 10.2. The van der Waals surface area contributed by atoms with Crippen LogP contribution < -0.4 is 10.6 Å². The topological polar surface area (TPSA) is 92.4 Å². The van der Waals surface area contributed by atoms with E-state index < -0.39 is 5.54 Å². The number of rotatable bonds is 4.